The highest BCUT2D eigenvalue weighted by Crippen LogP contribution is 2.22. The summed E-state index contributed by atoms with van der Waals surface area (Å²) in [6.45, 7) is 2.46. The molecule has 8 heteroatoms. The minimum atomic E-state index is -0.714. The summed E-state index contributed by atoms with van der Waals surface area (Å²) in [4.78, 5) is 30.0. The summed E-state index contributed by atoms with van der Waals surface area (Å²) in [6.07, 6.45) is 3.08. The number of nitrogens with one attached hydrogen (secondary N) is 1. The highest BCUT2D eigenvalue weighted by molar-refractivity contribution is 5.95. The lowest BCUT2D eigenvalue weighted by Gasteiger charge is -2.28. The van der Waals surface area contributed by atoms with Gasteiger partial charge in [0.05, 0.1) is 18.7 Å². The van der Waals surface area contributed by atoms with Crippen LogP contribution in [-0.4, -0.2) is 35.0 Å². The fourth-order valence-electron chi connectivity index (χ4n) is 3.02. The van der Waals surface area contributed by atoms with Crippen LogP contribution in [0.15, 0.2) is 30.6 Å². The van der Waals surface area contributed by atoms with Crippen LogP contribution in [0.1, 0.15) is 34.0 Å². The van der Waals surface area contributed by atoms with E-state index in [1.807, 2.05) is 0 Å². The van der Waals surface area contributed by atoms with E-state index >= 15 is 0 Å². The van der Waals surface area contributed by atoms with Crippen molar-refractivity contribution in [2.45, 2.75) is 26.4 Å². The van der Waals surface area contributed by atoms with Crippen LogP contribution in [0.2, 0.25) is 0 Å². The van der Waals surface area contributed by atoms with E-state index in [4.69, 9.17) is 4.74 Å². The van der Waals surface area contributed by atoms with Gasteiger partial charge >= 0.3 is 6.09 Å². The smallest absolute Gasteiger partial charge is 0.410 e. The fourth-order valence-corrected chi connectivity index (χ4v) is 3.02. The molecule has 1 aliphatic rings. The number of carbonyl (C=O) groups is 2. The first-order valence-corrected chi connectivity index (χ1v) is 8.59. The van der Waals surface area contributed by atoms with Gasteiger partial charge < -0.3 is 15.0 Å². The lowest BCUT2D eigenvalue weighted by atomic mass is 9.97. The first-order chi connectivity index (χ1) is 13.0. The van der Waals surface area contributed by atoms with Gasteiger partial charge in [-0.25, -0.2) is 13.6 Å². The van der Waals surface area contributed by atoms with Crippen LogP contribution >= 0.6 is 0 Å². The molecule has 0 unspecified atom stereocenters. The van der Waals surface area contributed by atoms with Crippen LogP contribution in [0.4, 0.5) is 13.6 Å². The van der Waals surface area contributed by atoms with Crippen molar-refractivity contribution in [3.63, 3.8) is 0 Å². The zero-order chi connectivity index (χ0) is 19.4. The molecular formula is C19H19F2N3O3. The van der Waals surface area contributed by atoms with Gasteiger partial charge in [0.25, 0.3) is 5.91 Å². The van der Waals surface area contributed by atoms with Crippen LogP contribution in [0.5, 0.6) is 0 Å². The Balaban J connectivity index is 1.74. The molecule has 0 saturated carbocycles. The van der Waals surface area contributed by atoms with Gasteiger partial charge in [0.15, 0.2) is 0 Å². The molecule has 1 aromatic carbocycles. The van der Waals surface area contributed by atoms with E-state index in [9.17, 15) is 18.4 Å². The molecule has 0 bridgehead atoms. The molecule has 27 heavy (non-hydrogen) atoms. The third kappa shape index (κ3) is 4.05. The van der Waals surface area contributed by atoms with Crippen molar-refractivity contribution in [1.82, 2.24) is 15.2 Å². The minimum Gasteiger partial charge on any atom is -0.450 e. The van der Waals surface area contributed by atoms with Crippen LogP contribution in [0.25, 0.3) is 0 Å². The van der Waals surface area contributed by atoms with Crippen molar-refractivity contribution >= 4 is 12.0 Å². The number of carbonyl (C=O) groups excluding carboxylic acids is 2. The molecule has 3 rings (SSSR count). The standard InChI is InChI=1S/C19H19F2N3O3/c1-2-27-19(26)24-7-6-13-12(11-24)8-22-9-14(13)18(25)23-10-15-16(20)4-3-5-17(15)21/h3-5,8-9H,2,6-7,10-11H2,1H3,(H,23,25). The molecule has 2 aromatic rings. The number of benzene rings is 1. The van der Waals surface area contributed by atoms with E-state index in [0.29, 0.717) is 25.1 Å². The third-order valence-electron chi connectivity index (χ3n) is 4.40. The highest BCUT2D eigenvalue weighted by atomic mass is 19.1. The highest BCUT2D eigenvalue weighted by Gasteiger charge is 2.25. The molecule has 0 fully saturated rings. The Morgan fingerprint density at radius 1 is 1.26 bits per heavy atom. The Morgan fingerprint density at radius 3 is 2.70 bits per heavy atom. The summed E-state index contributed by atoms with van der Waals surface area (Å²) in [5.41, 5.74) is 1.67. The number of amides is 2. The first-order valence-electron chi connectivity index (χ1n) is 8.59. The Kier molecular flexibility index (Phi) is 5.63. The number of nitrogens with zero attached hydrogens (tertiary/aromatic N) is 2. The van der Waals surface area contributed by atoms with Crippen LogP contribution in [0.3, 0.4) is 0 Å². The van der Waals surface area contributed by atoms with Crippen molar-refractivity contribution < 1.29 is 23.1 Å². The molecule has 1 aliphatic heterocycles. The normalized spacial score (nSPS) is 13.1. The van der Waals surface area contributed by atoms with Gasteiger partial charge in [-0.1, -0.05) is 6.07 Å². The second-order valence-corrected chi connectivity index (χ2v) is 6.08. The molecule has 0 spiro atoms. The van der Waals surface area contributed by atoms with E-state index in [1.54, 1.807) is 18.0 Å². The summed E-state index contributed by atoms with van der Waals surface area (Å²) in [5.74, 6) is -1.89. The number of pyridine rings is 1. The SMILES string of the molecule is CCOC(=O)N1CCc2c(cncc2C(=O)NCc2c(F)cccc2F)C1. The summed E-state index contributed by atoms with van der Waals surface area (Å²) in [7, 11) is 0. The van der Waals surface area contributed by atoms with Gasteiger partial charge in [0, 0.05) is 31.0 Å². The van der Waals surface area contributed by atoms with Crippen molar-refractivity contribution in [3.8, 4) is 0 Å². The maximum atomic E-state index is 13.7. The van der Waals surface area contributed by atoms with Crippen molar-refractivity contribution in [3.05, 3.63) is 64.5 Å². The van der Waals surface area contributed by atoms with Crippen LogP contribution in [0, 0.1) is 11.6 Å². The molecule has 1 N–H and O–H groups in total. The maximum absolute atomic E-state index is 13.7. The van der Waals surface area contributed by atoms with E-state index in [0.717, 1.165) is 23.3 Å². The molecule has 0 aliphatic carbocycles. The second kappa shape index (κ2) is 8.11. The van der Waals surface area contributed by atoms with Gasteiger partial charge in [-0.15, -0.1) is 0 Å². The number of fused-ring (bicyclic) bond motifs is 1. The number of hydrogen-bond acceptors (Lipinski definition) is 4. The summed E-state index contributed by atoms with van der Waals surface area (Å²) in [6, 6.07) is 3.55. The Morgan fingerprint density at radius 2 is 2.00 bits per heavy atom. The summed E-state index contributed by atoms with van der Waals surface area (Å²) < 4.78 is 32.4. The van der Waals surface area contributed by atoms with Gasteiger partial charge in [-0.05, 0) is 36.6 Å². The molecule has 1 aromatic heterocycles. The quantitative estimate of drug-likeness (QED) is 0.892. The summed E-state index contributed by atoms with van der Waals surface area (Å²) in [5, 5.41) is 2.54. The lowest BCUT2D eigenvalue weighted by molar-refractivity contribution is 0.0946. The second-order valence-electron chi connectivity index (χ2n) is 6.08. The van der Waals surface area contributed by atoms with Crippen LogP contribution in [-0.2, 0) is 24.2 Å². The lowest BCUT2D eigenvalue weighted by Crippen LogP contribution is -2.37. The van der Waals surface area contributed by atoms with Crippen molar-refractivity contribution in [2.75, 3.05) is 13.2 Å². The molecule has 0 atom stereocenters. The fraction of sp³-hybridized carbons (Fsp3) is 0.316. The van der Waals surface area contributed by atoms with Gasteiger partial charge in [-0.2, -0.15) is 0 Å². The predicted octanol–water partition coefficient (Wildman–Crippen LogP) is 2.80. The maximum Gasteiger partial charge on any atom is 0.410 e. The predicted molar refractivity (Wildman–Crippen MR) is 92.9 cm³/mol. The van der Waals surface area contributed by atoms with E-state index in [1.165, 1.54) is 12.3 Å². The summed E-state index contributed by atoms with van der Waals surface area (Å²) >= 11 is 0. The first kappa shape index (κ1) is 18.8. The molecule has 2 heterocycles. The molecular weight excluding hydrogens is 356 g/mol. The number of ether oxygens (including phenoxy) is 1. The van der Waals surface area contributed by atoms with E-state index in [2.05, 4.69) is 10.3 Å². The molecule has 2 amide bonds. The van der Waals surface area contributed by atoms with Gasteiger partial charge in [-0.3, -0.25) is 9.78 Å². The van der Waals surface area contributed by atoms with Crippen LogP contribution < -0.4 is 5.32 Å². The van der Waals surface area contributed by atoms with Crippen molar-refractivity contribution in [2.24, 2.45) is 0 Å². The minimum absolute atomic E-state index is 0.197. The third-order valence-corrected chi connectivity index (χ3v) is 4.40. The molecule has 0 saturated heterocycles. The number of halogens is 2. The Hall–Kier alpha value is -3.03. The molecule has 0 radical (unpaired) electrons. The zero-order valence-corrected chi connectivity index (χ0v) is 14.8. The topological polar surface area (TPSA) is 71.5 Å². The monoisotopic (exact) mass is 375 g/mol. The Bertz CT molecular complexity index is 853. The average molecular weight is 375 g/mol. The van der Waals surface area contributed by atoms with Crippen molar-refractivity contribution in [1.29, 1.82) is 0 Å². The molecule has 142 valence electrons. The Labute approximate surface area is 155 Å². The molecule has 6 nitrogen and oxygen atoms in total. The van der Waals surface area contributed by atoms with Gasteiger partial charge in [0.1, 0.15) is 11.6 Å². The van der Waals surface area contributed by atoms with Gasteiger partial charge in [0.2, 0.25) is 0 Å². The van der Waals surface area contributed by atoms with E-state index < -0.39 is 23.6 Å². The largest absolute Gasteiger partial charge is 0.450 e. The zero-order valence-electron chi connectivity index (χ0n) is 14.8. The number of hydrogen-bond donors (Lipinski definition) is 1. The van der Waals surface area contributed by atoms with E-state index in [-0.39, 0.29) is 18.7 Å². The number of aromatic nitrogens is 1. The average Bonchev–Trinajstić information content (AvgIpc) is 2.66. The number of rotatable bonds is 4.